The average Bonchev–Trinajstić information content (AvgIpc) is 2.44. The van der Waals surface area contributed by atoms with Gasteiger partial charge in [-0.15, -0.1) is 0 Å². The molecule has 0 atom stereocenters. The molecule has 0 unspecified atom stereocenters. The second-order valence-corrected chi connectivity index (χ2v) is 7.14. The molecule has 0 radical (unpaired) electrons. The van der Waals surface area contributed by atoms with Crippen LogP contribution in [0.2, 0.25) is 0 Å². The summed E-state index contributed by atoms with van der Waals surface area (Å²) in [5.41, 5.74) is 11.2. The van der Waals surface area contributed by atoms with Gasteiger partial charge in [-0.05, 0) is 31.9 Å². The topological polar surface area (TPSA) is 106 Å². The van der Waals surface area contributed by atoms with Crippen LogP contribution in [-0.4, -0.2) is 31.7 Å². The van der Waals surface area contributed by atoms with Crippen LogP contribution in [0, 0.1) is 18.7 Å². The van der Waals surface area contributed by atoms with Crippen LogP contribution >= 0.6 is 0 Å². The van der Waals surface area contributed by atoms with E-state index in [1.807, 2.05) is 0 Å². The Balaban J connectivity index is 2.26. The lowest BCUT2D eigenvalue weighted by Gasteiger charge is -2.29. The highest BCUT2D eigenvalue weighted by Gasteiger charge is 2.31. The lowest BCUT2D eigenvalue weighted by molar-refractivity contribution is -0.122. The van der Waals surface area contributed by atoms with Gasteiger partial charge in [-0.2, -0.15) is 4.31 Å². The van der Waals surface area contributed by atoms with Crippen LogP contribution in [0.5, 0.6) is 0 Å². The zero-order chi connectivity index (χ0) is 15.8. The molecule has 8 heteroatoms. The zero-order valence-electron chi connectivity index (χ0n) is 11.7. The van der Waals surface area contributed by atoms with E-state index in [1.54, 1.807) is 0 Å². The summed E-state index contributed by atoms with van der Waals surface area (Å²) in [5, 5.41) is 0. The molecular weight excluding hydrogens is 297 g/mol. The number of carbonyl (C=O) groups excluding carboxylic acids is 1. The third kappa shape index (κ3) is 3.01. The molecule has 1 saturated heterocycles. The van der Waals surface area contributed by atoms with Crippen molar-refractivity contribution in [3.05, 3.63) is 23.5 Å². The maximum Gasteiger partial charge on any atom is 0.243 e. The van der Waals surface area contributed by atoms with Crippen LogP contribution < -0.4 is 11.5 Å². The van der Waals surface area contributed by atoms with E-state index in [2.05, 4.69) is 0 Å². The van der Waals surface area contributed by atoms with Crippen LogP contribution in [0.1, 0.15) is 18.4 Å². The van der Waals surface area contributed by atoms with Gasteiger partial charge in [-0.1, -0.05) is 0 Å². The first kappa shape index (κ1) is 15.7. The molecule has 1 aromatic carbocycles. The normalized spacial score (nSPS) is 17.8. The van der Waals surface area contributed by atoms with E-state index in [4.69, 9.17) is 11.5 Å². The highest BCUT2D eigenvalue weighted by Crippen LogP contribution is 2.27. The quantitative estimate of drug-likeness (QED) is 0.797. The van der Waals surface area contributed by atoms with Crippen LogP contribution in [-0.2, 0) is 14.8 Å². The molecule has 6 nitrogen and oxygen atoms in total. The largest absolute Gasteiger partial charge is 0.398 e. The average molecular weight is 315 g/mol. The van der Waals surface area contributed by atoms with Gasteiger partial charge in [0.25, 0.3) is 0 Å². The van der Waals surface area contributed by atoms with Crippen molar-refractivity contribution in [3.63, 3.8) is 0 Å². The molecule has 1 heterocycles. The number of carbonyl (C=O) groups is 1. The Labute approximate surface area is 123 Å². The SMILES string of the molecule is Cc1c(N)cc(S(=O)(=O)N2CCC(C(N)=O)CC2)cc1F. The maximum absolute atomic E-state index is 13.7. The molecule has 0 aliphatic carbocycles. The number of primary amides is 1. The number of anilines is 1. The van der Waals surface area contributed by atoms with Gasteiger partial charge < -0.3 is 11.5 Å². The van der Waals surface area contributed by atoms with Gasteiger partial charge in [0.15, 0.2) is 0 Å². The summed E-state index contributed by atoms with van der Waals surface area (Å²) in [7, 11) is -3.81. The number of rotatable bonds is 3. The molecule has 0 spiro atoms. The van der Waals surface area contributed by atoms with Gasteiger partial charge >= 0.3 is 0 Å². The summed E-state index contributed by atoms with van der Waals surface area (Å²) in [6, 6.07) is 2.23. The Morgan fingerprint density at radius 3 is 2.38 bits per heavy atom. The Morgan fingerprint density at radius 2 is 1.90 bits per heavy atom. The highest BCUT2D eigenvalue weighted by molar-refractivity contribution is 7.89. The van der Waals surface area contributed by atoms with Crippen LogP contribution in [0.4, 0.5) is 10.1 Å². The fourth-order valence-electron chi connectivity index (χ4n) is 2.35. The first-order valence-electron chi connectivity index (χ1n) is 6.58. The van der Waals surface area contributed by atoms with Crippen molar-refractivity contribution in [3.8, 4) is 0 Å². The number of benzene rings is 1. The van der Waals surface area contributed by atoms with Gasteiger partial charge in [-0.25, -0.2) is 12.8 Å². The van der Waals surface area contributed by atoms with Gasteiger partial charge in [-0.3, -0.25) is 4.79 Å². The summed E-state index contributed by atoms with van der Waals surface area (Å²) < 4.78 is 39.8. The second-order valence-electron chi connectivity index (χ2n) is 5.20. The molecule has 21 heavy (non-hydrogen) atoms. The number of hydrogen-bond donors (Lipinski definition) is 2. The molecule has 1 aliphatic heterocycles. The van der Waals surface area contributed by atoms with Crippen LogP contribution in [0.3, 0.4) is 0 Å². The smallest absolute Gasteiger partial charge is 0.243 e. The van der Waals surface area contributed by atoms with E-state index < -0.39 is 21.7 Å². The number of piperidine rings is 1. The van der Waals surface area contributed by atoms with Gasteiger partial charge in [0.05, 0.1) is 4.90 Å². The first-order chi connectivity index (χ1) is 9.73. The van der Waals surface area contributed by atoms with E-state index in [0.717, 1.165) is 6.07 Å². The van der Waals surface area contributed by atoms with E-state index in [9.17, 15) is 17.6 Å². The Kier molecular flexibility index (Phi) is 4.20. The molecule has 0 bridgehead atoms. The predicted molar refractivity (Wildman–Crippen MR) is 76.2 cm³/mol. The monoisotopic (exact) mass is 315 g/mol. The summed E-state index contributed by atoms with van der Waals surface area (Å²) in [4.78, 5) is 10.9. The summed E-state index contributed by atoms with van der Waals surface area (Å²) in [5.74, 6) is -1.38. The van der Waals surface area contributed by atoms with Crippen molar-refractivity contribution in [1.82, 2.24) is 4.31 Å². The maximum atomic E-state index is 13.7. The zero-order valence-corrected chi connectivity index (χ0v) is 12.5. The van der Waals surface area contributed by atoms with Crippen LogP contribution in [0.25, 0.3) is 0 Å². The molecule has 1 aliphatic rings. The predicted octanol–water partition coefficient (Wildman–Crippen LogP) is 0.602. The highest BCUT2D eigenvalue weighted by atomic mass is 32.2. The molecule has 2 rings (SSSR count). The lowest BCUT2D eigenvalue weighted by atomic mass is 9.98. The molecule has 1 aromatic rings. The van der Waals surface area contributed by atoms with Crippen molar-refractivity contribution < 1.29 is 17.6 Å². The molecule has 116 valence electrons. The van der Waals surface area contributed by atoms with E-state index in [0.29, 0.717) is 12.8 Å². The minimum Gasteiger partial charge on any atom is -0.398 e. The van der Waals surface area contributed by atoms with Gasteiger partial charge in [0.2, 0.25) is 15.9 Å². The van der Waals surface area contributed by atoms with E-state index >= 15 is 0 Å². The molecule has 0 saturated carbocycles. The number of nitrogen functional groups attached to an aromatic ring is 1. The first-order valence-corrected chi connectivity index (χ1v) is 8.02. The third-order valence-corrected chi connectivity index (χ3v) is 5.73. The number of nitrogens with two attached hydrogens (primary N) is 2. The fourth-order valence-corrected chi connectivity index (χ4v) is 3.87. The molecule has 1 amide bonds. The number of nitrogens with zero attached hydrogens (tertiary/aromatic N) is 1. The van der Waals surface area contributed by atoms with Crippen LogP contribution in [0.15, 0.2) is 17.0 Å². The Hall–Kier alpha value is -1.67. The summed E-state index contributed by atoms with van der Waals surface area (Å²) in [6.45, 7) is 1.86. The Bertz CT molecular complexity index is 644. The second kappa shape index (κ2) is 5.61. The molecule has 4 N–H and O–H groups in total. The minimum atomic E-state index is -3.81. The number of sulfonamides is 1. The van der Waals surface area contributed by atoms with Gasteiger partial charge in [0.1, 0.15) is 5.82 Å². The van der Waals surface area contributed by atoms with Gasteiger partial charge in [0, 0.05) is 30.3 Å². The molecule has 0 aromatic heterocycles. The van der Waals surface area contributed by atoms with Crippen molar-refractivity contribution in [1.29, 1.82) is 0 Å². The molecular formula is C13H18FN3O3S. The Morgan fingerprint density at radius 1 is 1.33 bits per heavy atom. The van der Waals surface area contributed by atoms with Crippen molar-refractivity contribution >= 4 is 21.6 Å². The third-order valence-electron chi connectivity index (χ3n) is 3.85. The van der Waals surface area contributed by atoms with E-state index in [1.165, 1.54) is 17.3 Å². The number of amides is 1. The molecule has 1 fully saturated rings. The lowest BCUT2D eigenvalue weighted by Crippen LogP contribution is -2.41. The number of hydrogen-bond acceptors (Lipinski definition) is 4. The fraction of sp³-hybridized carbons (Fsp3) is 0.462. The summed E-state index contributed by atoms with van der Waals surface area (Å²) >= 11 is 0. The van der Waals surface area contributed by atoms with Crippen molar-refractivity contribution in [2.75, 3.05) is 18.8 Å². The summed E-state index contributed by atoms with van der Waals surface area (Å²) in [6.07, 6.45) is 0.747. The number of halogens is 1. The van der Waals surface area contributed by atoms with Crippen molar-refractivity contribution in [2.45, 2.75) is 24.7 Å². The van der Waals surface area contributed by atoms with Crippen molar-refractivity contribution in [2.24, 2.45) is 11.7 Å². The van der Waals surface area contributed by atoms with E-state index in [-0.39, 0.29) is 35.2 Å². The minimum absolute atomic E-state index is 0.0978. The standard InChI is InChI=1S/C13H18FN3O3S/c1-8-11(14)6-10(7-12(8)15)21(19,20)17-4-2-9(3-5-17)13(16)18/h6-7,9H,2-5,15H2,1H3,(H2,16,18).